The molecular weight excluding hydrogens is 228 g/mol. The molecule has 2 rings (SSSR count). The molecule has 1 atom stereocenters. The van der Waals surface area contributed by atoms with Crippen LogP contribution < -0.4 is 5.32 Å². The normalized spacial score (nSPS) is 21.2. The smallest absolute Gasteiger partial charge is 0.0244 e. The highest BCUT2D eigenvalue weighted by Crippen LogP contribution is 2.21. The highest BCUT2D eigenvalue weighted by Gasteiger charge is 2.22. The standard InChI is InChI=1S/C14H24N2S/c1-3-5-15-7-13-4-6-16(8-13)9-14-11-17-10-12(14)2/h10-11,13,15H,3-9H2,1-2H3. The van der Waals surface area contributed by atoms with E-state index in [0.717, 1.165) is 12.5 Å². The number of hydrogen-bond donors (Lipinski definition) is 1. The molecule has 2 nitrogen and oxygen atoms in total. The number of nitrogens with zero attached hydrogens (tertiary/aromatic N) is 1. The molecule has 2 heterocycles. The summed E-state index contributed by atoms with van der Waals surface area (Å²) in [6, 6.07) is 0. The van der Waals surface area contributed by atoms with E-state index in [1.165, 1.54) is 50.1 Å². The van der Waals surface area contributed by atoms with Gasteiger partial charge in [0.2, 0.25) is 0 Å². The third-order valence-corrected chi connectivity index (χ3v) is 4.50. The van der Waals surface area contributed by atoms with Gasteiger partial charge in [-0.1, -0.05) is 6.92 Å². The second-order valence-electron chi connectivity index (χ2n) is 5.17. The Labute approximate surface area is 109 Å². The fourth-order valence-electron chi connectivity index (χ4n) is 2.50. The van der Waals surface area contributed by atoms with Crippen molar-refractivity contribution in [2.75, 3.05) is 26.2 Å². The lowest BCUT2D eigenvalue weighted by atomic mass is 10.1. The lowest BCUT2D eigenvalue weighted by molar-refractivity contribution is 0.314. The van der Waals surface area contributed by atoms with Crippen molar-refractivity contribution in [3.63, 3.8) is 0 Å². The van der Waals surface area contributed by atoms with Crippen molar-refractivity contribution in [1.29, 1.82) is 0 Å². The summed E-state index contributed by atoms with van der Waals surface area (Å²) in [5.74, 6) is 0.862. The molecule has 0 amide bonds. The van der Waals surface area contributed by atoms with Gasteiger partial charge in [0.05, 0.1) is 0 Å². The quantitative estimate of drug-likeness (QED) is 0.783. The topological polar surface area (TPSA) is 15.3 Å². The van der Waals surface area contributed by atoms with E-state index >= 15 is 0 Å². The molecule has 0 saturated carbocycles. The van der Waals surface area contributed by atoms with Crippen molar-refractivity contribution < 1.29 is 0 Å². The molecule has 0 spiro atoms. The molecule has 1 aliphatic heterocycles. The third-order valence-electron chi connectivity index (χ3n) is 3.59. The van der Waals surface area contributed by atoms with Gasteiger partial charge in [0, 0.05) is 13.1 Å². The van der Waals surface area contributed by atoms with E-state index in [9.17, 15) is 0 Å². The fourth-order valence-corrected chi connectivity index (χ4v) is 3.34. The SMILES string of the molecule is CCCNCC1CCN(Cc2cscc2C)C1. The molecule has 1 N–H and O–H groups in total. The van der Waals surface area contributed by atoms with Gasteiger partial charge >= 0.3 is 0 Å². The number of hydrogen-bond acceptors (Lipinski definition) is 3. The monoisotopic (exact) mass is 252 g/mol. The zero-order valence-electron chi connectivity index (χ0n) is 11.0. The Morgan fingerprint density at radius 3 is 3.06 bits per heavy atom. The first kappa shape index (κ1) is 13.1. The molecule has 0 aliphatic carbocycles. The van der Waals surface area contributed by atoms with Crippen LogP contribution in [0.2, 0.25) is 0 Å². The molecule has 1 aliphatic rings. The van der Waals surface area contributed by atoms with E-state index in [-0.39, 0.29) is 0 Å². The van der Waals surface area contributed by atoms with Gasteiger partial charge in [-0.3, -0.25) is 4.90 Å². The summed E-state index contributed by atoms with van der Waals surface area (Å²) in [6.07, 6.45) is 2.60. The maximum Gasteiger partial charge on any atom is 0.0244 e. The Kier molecular flexibility index (Phi) is 5.01. The highest BCUT2D eigenvalue weighted by atomic mass is 32.1. The van der Waals surface area contributed by atoms with E-state index in [4.69, 9.17) is 0 Å². The predicted octanol–water partition coefficient (Wildman–Crippen LogP) is 2.88. The molecule has 96 valence electrons. The first-order valence-electron chi connectivity index (χ1n) is 6.74. The summed E-state index contributed by atoms with van der Waals surface area (Å²) in [6.45, 7) is 10.5. The lowest BCUT2D eigenvalue weighted by Crippen LogP contribution is -2.26. The van der Waals surface area contributed by atoms with Gasteiger partial charge in [0.1, 0.15) is 0 Å². The van der Waals surface area contributed by atoms with Crippen LogP contribution in [-0.2, 0) is 6.54 Å². The number of nitrogens with one attached hydrogen (secondary N) is 1. The second-order valence-corrected chi connectivity index (χ2v) is 5.92. The van der Waals surface area contributed by atoms with Crippen molar-refractivity contribution in [1.82, 2.24) is 10.2 Å². The van der Waals surface area contributed by atoms with Crippen molar-refractivity contribution in [2.24, 2.45) is 5.92 Å². The van der Waals surface area contributed by atoms with Gasteiger partial charge in [-0.25, -0.2) is 0 Å². The summed E-state index contributed by atoms with van der Waals surface area (Å²) >= 11 is 1.83. The van der Waals surface area contributed by atoms with E-state index in [0.29, 0.717) is 0 Å². The van der Waals surface area contributed by atoms with Crippen LogP contribution in [0.15, 0.2) is 10.8 Å². The molecule has 3 heteroatoms. The van der Waals surface area contributed by atoms with Gasteiger partial charge < -0.3 is 5.32 Å². The minimum Gasteiger partial charge on any atom is -0.316 e. The van der Waals surface area contributed by atoms with Crippen molar-refractivity contribution >= 4 is 11.3 Å². The summed E-state index contributed by atoms with van der Waals surface area (Å²) in [7, 11) is 0. The van der Waals surface area contributed by atoms with Crippen molar-refractivity contribution in [3.8, 4) is 0 Å². The second kappa shape index (κ2) is 6.53. The highest BCUT2D eigenvalue weighted by molar-refractivity contribution is 7.08. The summed E-state index contributed by atoms with van der Waals surface area (Å²) in [5.41, 5.74) is 2.99. The summed E-state index contributed by atoms with van der Waals surface area (Å²) in [4.78, 5) is 2.60. The molecular formula is C14H24N2S. The van der Waals surface area contributed by atoms with Crippen molar-refractivity contribution in [2.45, 2.75) is 33.2 Å². The molecule has 1 fully saturated rings. The van der Waals surface area contributed by atoms with Crippen LogP contribution >= 0.6 is 11.3 Å². The van der Waals surface area contributed by atoms with Gasteiger partial charge in [-0.15, -0.1) is 0 Å². The molecule has 0 bridgehead atoms. The Morgan fingerprint density at radius 2 is 2.35 bits per heavy atom. The zero-order chi connectivity index (χ0) is 12.1. The van der Waals surface area contributed by atoms with Crippen LogP contribution in [0.3, 0.4) is 0 Å². The Bertz CT molecular complexity index is 335. The number of aryl methyl sites for hydroxylation is 1. The van der Waals surface area contributed by atoms with Crippen LogP contribution in [0.25, 0.3) is 0 Å². The summed E-state index contributed by atoms with van der Waals surface area (Å²) < 4.78 is 0. The number of thiophene rings is 1. The van der Waals surface area contributed by atoms with Gasteiger partial charge in [0.25, 0.3) is 0 Å². The van der Waals surface area contributed by atoms with Crippen molar-refractivity contribution in [3.05, 3.63) is 21.9 Å². The van der Waals surface area contributed by atoms with Crippen LogP contribution in [0.1, 0.15) is 30.9 Å². The Morgan fingerprint density at radius 1 is 1.47 bits per heavy atom. The first-order valence-corrected chi connectivity index (χ1v) is 7.68. The van der Waals surface area contributed by atoms with Crippen LogP contribution in [0.4, 0.5) is 0 Å². The molecule has 0 aromatic carbocycles. The maximum absolute atomic E-state index is 3.54. The average molecular weight is 252 g/mol. The first-order chi connectivity index (χ1) is 8.29. The molecule has 1 aromatic heterocycles. The Hall–Kier alpha value is -0.380. The van der Waals surface area contributed by atoms with Crippen LogP contribution in [-0.4, -0.2) is 31.1 Å². The number of likely N-dealkylation sites (tertiary alicyclic amines) is 1. The maximum atomic E-state index is 3.54. The summed E-state index contributed by atoms with van der Waals surface area (Å²) in [5, 5.41) is 8.10. The Balaban J connectivity index is 1.73. The molecule has 1 unspecified atom stereocenters. The number of rotatable bonds is 6. The average Bonchev–Trinajstić information content (AvgIpc) is 2.91. The lowest BCUT2D eigenvalue weighted by Gasteiger charge is -2.16. The molecule has 1 aromatic rings. The van der Waals surface area contributed by atoms with E-state index < -0.39 is 0 Å². The van der Waals surface area contributed by atoms with Gasteiger partial charge in [-0.2, -0.15) is 11.3 Å². The minimum atomic E-state index is 0.862. The van der Waals surface area contributed by atoms with Crippen LogP contribution in [0, 0.1) is 12.8 Å². The van der Waals surface area contributed by atoms with E-state index in [1.807, 2.05) is 11.3 Å². The predicted molar refractivity (Wildman–Crippen MR) is 75.6 cm³/mol. The van der Waals surface area contributed by atoms with E-state index in [2.05, 4.69) is 34.8 Å². The minimum absolute atomic E-state index is 0.862. The van der Waals surface area contributed by atoms with E-state index in [1.54, 1.807) is 0 Å². The largest absolute Gasteiger partial charge is 0.316 e. The fraction of sp³-hybridized carbons (Fsp3) is 0.714. The van der Waals surface area contributed by atoms with Crippen LogP contribution in [0.5, 0.6) is 0 Å². The molecule has 0 radical (unpaired) electrons. The van der Waals surface area contributed by atoms with Gasteiger partial charge in [0.15, 0.2) is 0 Å². The third kappa shape index (κ3) is 3.80. The molecule has 1 saturated heterocycles. The zero-order valence-corrected chi connectivity index (χ0v) is 11.9. The molecule has 17 heavy (non-hydrogen) atoms. The van der Waals surface area contributed by atoms with Gasteiger partial charge in [-0.05, 0) is 67.2 Å².